The molecule has 0 unspecified atom stereocenters. The zero-order valence-corrected chi connectivity index (χ0v) is 14.9. The summed E-state index contributed by atoms with van der Waals surface area (Å²) in [4.78, 5) is 28.2. The van der Waals surface area contributed by atoms with Gasteiger partial charge in [-0.05, 0) is 35.9 Å². The minimum Gasteiger partial charge on any atom is -0.408 e. The summed E-state index contributed by atoms with van der Waals surface area (Å²) in [6, 6.07) is 10.5. The van der Waals surface area contributed by atoms with Gasteiger partial charge in [0, 0.05) is 11.6 Å². The van der Waals surface area contributed by atoms with Crippen molar-refractivity contribution in [3.63, 3.8) is 0 Å². The molecule has 0 radical (unpaired) electrons. The number of hydrogen-bond acceptors (Lipinski definition) is 6. The third-order valence-corrected chi connectivity index (χ3v) is 4.19. The molecule has 142 valence electrons. The maximum atomic E-state index is 12.9. The van der Waals surface area contributed by atoms with Crippen LogP contribution in [-0.4, -0.2) is 20.6 Å². The number of halogens is 2. The van der Waals surface area contributed by atoms with Crippen LogP contribution in [0, 0.1) is 5.82 Å². The van der Waals surface area contributed by atoms with Crippen molar-refractivity contribution in [2.24, 2.45) is 0 Å². The molecule has 2 heterocycles. The van der Waals surface area contributed by atoms with Gasteiger partial charge in [-0.25, -0.2) is 9.18 Å². The fourth-order valence-corrected chi connectivity index (χ4v) is 2.76. The zero-order valence-electron chi connectivity index (χ0n) is 14.2. The normalized spacial score (nSPS) is 11.1. The van der Waals surface area contributed by atoms with Gasteiger partial charge in [-0.1, -0.05) is 28.9 Å². The lowest BCUT2D eigenvalue weighted by atomic mass is 10.2. The van der Waals surface area contributed by atoms with Gasteiger partial charge in [-0.2, -0.15) is 4.98 Å². The highest BCUT2D eigenvalue weighted by Crippen LogP contribution is 2.19. The van der Waals surface area contributed by atoms with Gasteiger partial charge < -0.3 is 14.3 Å². The van der Waals surface area contributed by atoms with Crippen LogP contribution in [0.4, 0.5) is 4.39 Å². The van der Waals surface area contributed by atoms with E-state index in [9.17, 15) is 14.0 Å². The Balaban J connectivity index is 1.48. The van der Waals surface area contributed by atoms with Crippen LogP contribution < -0.4 is 11.1 Å². The topological polar surface area (TPSA) is 103 Å². The van der Waals surface area contributed by atoms with Gasteiger partial charge in [0.1, 0.15) is 5.82 Å². The maximum Gasteiger partial charge on any atom is 0.420 e. The van der Waals surface area contributed by atoms with Crippen molar-refractivity contribution < 1.29 is 18.1 Å². The summed E-state index contributed by atoms with van der Waals surface area (Å²) >= 11 is 5.96. The van der Waals surface area contributed by atoms with E-state index in [0.29, 0.717) is 21.7 Å². The van der Waals surface area contributed by atoms with E-state index in [1.165, 1.54) is 16.7 Å². The van der Waals surface area contributed by atoms with Gasteiger partial charge in [0.25, 0.3) is 0 Å². The average Bonchev–Trinajstić information content (AvgIpc) is 3.27. The molecule has 8 nitrogen and oxygen atoms in total. The number of aromatic nitrogens is 3. The molecule has 0 aliphatic carbocycles. The van der Waals surface area contributed by atoms with E-state index in [-0.39, 0.29) is 30.6 Å². The van der Waals surface area contributed by atoms with E-state index < -0.39 is 11.7 Å². The van der Waals surface area contributed by atoms with Crippen LogP contribution in [0.2, 0.25) is 5.02 Å². The number of benzene rings is 2. The summed E-state index contributed by atoms with van der Waals surface area (Å²) in [5.41, 5.74) is 1.56. The Morgan fingerprint density at radius 3 is 2.79 bits per heavy atom. The van der Waals surface area contributed by atoms with Gasteiger partial charge in [0.2, 0.25) is 0 Å². The largest absolute Gasteiger partial charge is 0.420 e. The molecule has 0 aliphatic rings. The number of oxazole rings is 1. The van der Waals surface area contributed by atoms with E-state index in [1.807, 2.05) is 0 Å². The number of nitrogens with one attached hydrogen (secondary N) is 1. The molecule has 0 aliphatic heterocycles. The van der Waals surface area contributed by atoms with Crippen LogP contribution in [0.25, 0.3) is 11.1 Å². The van der Waals surface area contributed by atoms with Crippen LogP contribution in [0.5, 0.6) is 0 Å². The van der Waals surface area contributed by atoms with Crippen LogP contribution in [0.3, 0.4) is 0 Å². The predicted octanol–water partition coefficient (Wildman–Crippen LogP) is 2.75. The number of hydrogen-bond donors (Lipinski definition) is 1. The van der Waals surface area contributed by atoms with Crippen LogP contribution in [0.1, 0.15) is 22.1 Å². The second-order valence-corrected chi connectivity index (χ2v) is 6.33. The molecule has 0 saturated carbocycles. The van der Waals surface area contributed by atoms with Gasteiger partial charge in [-0.15, -0.1) is 0 Å². The highest BCUT2D eigenvalue weighted by atomic mass is 35.5. The molecule has 0 spiro atoms. The molecule has 0 bridgehead atoms. The molecule has 2 aromatic carbocycles. The monoisotopic (exact) mass is 402 g/mol. The molecular weight excluding hydrogens is 391 g/mol. The average molecular weight is 403 g/mol. The fraction of sp³-hybridized carbons (Fsp3) is 0.111. The molecule has 10 heteroatoms. The second-order valence-electron chi connectivity index (χ2n) is 5.89. The van der Waals surface area contributed by atoms with Crippen LogP contribution in [0.15, 0.2) is 56.2 Å². The summed E-state index contributed by atoms with van der Waals surface area (Å²) in [6.07, 6.45) is 0. The van der Waals surface area contributed by atoms with Crippen molar-refractivity contribution >= 4 is 28.6 Å². The number of fused-ring (bicyclic) bond motifs is 1. The molecular formula is C18H12ClFN4O4. The Morgan fingerprint density at radius 2 is 2.00 bits per heavy atom. The van der Waals surface area contributed by atoms with E-state index in [4.69, 9.17) is 20.5 Å². The third-order valence-electron chi connectivity index (χ3n) is 3.96. The van der Waals surface area contributed by atoms with Gasteiger partial charge in [0.15, 0.2) is 11.4 Å². The molecule has 1 amide bonds. The van der Waals surface area contributed by atoms with Crippen molar-refractivity contribution in [1.82, 2.24) is 20.0 Å². The van der Waals surface area contributed by atoms with Crippen molar-refractivity contribution in [1.29, 1.82) is 0 Å². The number of nitrogens with zero attached hydrogens (tertiary/aromatic N) is 3. The lowest BCUT2D eigenvalue weighted by molar-refractivity contribution is 0.0907. The fourth-order valence-electron chi connectivity index (χ4n) is 2.60. The molecule has 28 heavy (non-hydrogen) atoms. The SMILES string of the molecule is O=C(NCc1ccc(F)cc1)c1nc(Cn2c(=O)oc3ccc(Cl)cc32)no1. The van der Waals surface area contributed by atoms with Gasteiger partial charge >= 0.3 is 17.6 Å². The Labute approximate surface area is 161 Å². The summed E-state index contributed by atoms with van der Waals surface area (Å²) in [6.45, 7) is 0.113. The maximum absolute atomic E-state index is 12.9. The van der Waals surface area contributed by atoms with E-state index in [1.54, 1.807) is 30.3 Å². The van der Waals surface area contributed by atoms with Crippen LogP contribution >= 0.6 is 11.6 Å². The van der Waals surface area contributed by atoms with Gasteiger partial charge in [-0.3, -0.25) is 9.36 Å². The van der Waals surface area contributed by atoms with Gasteiger partial charge in [0.05, 0.1) is 12.1 Å². The quantitative estimate of drug-likeness (QED) is 0.550. The molecule has 1 N–H and O–H groups in total. The Bertz CT molecular complexity index is 1210. The number of amides is 1. The first-order chi connectivity index (χ1) is 13.5. The third kappa shape index (κ3) is 3.65. The molecule has 4 aromatic rings. The van der Waals surface area contributed by atoms with Crippen molar-refractivity contribution in [2.75, 3.05) is 0 Å². The Morgan fingerprint density at radius 1 is 1.21 bits per heavy atom. The Hall–Kier alpha value is -3.46. The summed E-state index contributed by atoms with van der Waals surface area (Å²) in [7, 11) is 0. The highest BCUT2D eigenvalue weighted by Gasteiger charge is 2.17. The minimum atomic E-state index is -0.607. The smallest absolute Gasteiger partial charge is 0.408 e. The lowest BCUT2D eigenvalue weighted by Gasteiger charge is -2.02. The number of carbonyl (C=O) groups is 1. The predicted molar refractivity (Wildman–Crippen MR) is 96.5 cm³/mol. The molecule has 0 atom stereocenters. The Kier molecular flexibility index (Phi) is 4.66. The van der Waals surface area contributed by atoms with Crippen molar-refractivity contribution in [3.05, 3.63) is 81.1 Å². The first-order valence-corrected chi connectivity index (χ1v) is 8.51. The first kappa shape index (κ1) is 17.9. The summed E-state index contributed by atoms with van der Waals surface area (Å²) < 4.78 is 24.3. The summed E-state index contributed by atoms with van der Waals surface area (Å²) in [5.74, 6) is -1.69. The van der Waals surface area contributed by atoms with E-state index in [0.717, 1.165) is 0 Å². The van der Waals surface area contributed by atoms with E-state index in [2.05, 4.69) is 15.5 Å². The molecule has 4 rings (SSSR count). The second kappa shape index (κ2) is 7.28. The number of carbonyl (C=O) groups excluding carboxylic acids is 1. The number of rotatable bonds is 5. The standard InChI is InChI=1S/C18H12ClFN4O4/c19-11-3-6-14-13(7-11)24(18(26)27-14)9-15-22-17(28-23-15)16(25)21-8-10-1-4-12(20)5-2-10/h1-7H,8-9H2,(H,21,25). The zero-order chi connectivity index (χ0) is 19.7. The van der Waals surface area contributed by atoms with Crippen molar-refractivity contribution in [2.45, 2.75) is 13.1 Å². The lowest BCUT2D eigenvalue weighted by Crippen LogP contribution is -2.23. The summed E-state index contributed by atoms with van der Waals surface area (Å²) in [5, 5.41) is 6.75. The molecule has 0 fully saturated rings. The van der Waals surface area contributed by atoms with Crippen molar-refractivity contribution in [3.8, 4) is 0 Å². The first-order valence-electron chi connectivity index (χ1n) is 8.14. The molecule has 2 aromatic heterocycles. The van der Waals surface area contributed by atoms with E-state index >= 15 is 0 Å². The highest BCUT2D eigenvalue weighted by molar-refractivity contribution is 6.31. The minimum absolute atomic E-state index is 0.0546. The van der Waals surface area contributed by atoms with Crippen LogP contribution in [-0.2, 0) is 13.1 Å². The molecule has 0 saturated heterocycles.